The number of anilines is 1. The third-order valence-electron chi connectivity index (χ3n) is 6.26. The molecule has 1 aliphatic rings. The van der Waals surface area contributed by atoms with Crippen LogP contribution < -0.4 is 20.3 Å². The fourth-order valence-electron chi connectivity index (χ4n) is 4.37. The molecular formula is C23H25N5O9P2. The normalized spacial score (nSPS) is 21.9. The van der Waals surface area contributed by atoms with Crippen molar-refractivity contribution in [1.82, 2.24) is 19.5 Å². The van der Waals surface area contributed by atoms with E-state index < -0.39 is 39.1 Å². The van der Waals surface area contributed by atoms with E-state index in [1.165, 1.54) is 30.6 Å². The molecule has 206 valence electrons. The number of hydrogen-bond acceptors (Lipinski definition) is 10. The second-order valence-corrected chi connectivity index (χ2v) is 11.6. The monoisotopic (exact) mass is 577 g/mol. The van der Waals surface area contributed by atoms with E-state index >= 15 is 0 Å². The van der Waals surface area contributed by atoms with Crippen molar-refractivity contribution in [3.8, 4) is 11.5 Å². The molecule has 2 aromatic carbocycles. The molecule has 4 aromatic rings. The van der Waals surface area contributed by atoms with Crippen molar-refractivity contribution in [2.24, 2.45) is 11.8 Å². The van der Waals surface area contributed by atoms with Crippen LogP contribution in [-0.4, -0.2) is 42.5 Å². The molecule has 39 heavy (non-hydrogen) atoms. The standard InChI is InChI=1S/C23H25N5O9P2/c24-23-26-21-20(22(29)27-23)25-14-28(21)19-11-15(12-34-38(30,31)36-16-7-3-1-4-8-16)18(19)13-35-39(32,33)37-17-9-5-2-6-10-17/h1-10,14-15,18-19H,11-13H2,(H,30,31)(H,32,33)(H3,24,26,27,29)/t15-,18-,19-/m1/s1. The molecule has 0 amide bonds. The molecule has 16 heteroatoms. The number of hydrogen-bond donors (Lipinski definition) is 4. The highest BCUT2D eigenvalue weighted by Gasteiger charge is 2.45. The quantitative estimate of drug-likeness (QED) is 0.190. The van der Waals surface area contributed by atoms with Crippen molar-refractivity contribution >= 4 is 32.8 Å². The molecule has 14 nitrogen and oxygen atoms in total. The molecule has 5 atom stereocenters. The number of benzene rings is 2. The van der Waals surface area contributed by atoms with Crippen LogP contribution in [0.25, 0.3) is 11.2 Å². The third-order valence-corrected chi connectivity index (χ3v) is 8.10. The number of nitrogens with two attached hydrogens (primary N) is 1. The molecule has 0 bridgehead atoms. The summed E-state index contributed by atoms with van der Waals surface area (Å²) < 4.78 is 47.5. The van der Waals surface area contributed by atoms with Gasteiger partial charge in [-0.2, -0.15) is 4.98 Å². The number of nitrogens with zero attached hydrogens (tertiary/aromatic N) is 3. The molecule has 0 spiro atoms. The lowest BCUT2D eigenvalue weighted by Gasteiger charge is -2.45. The molecule has 0 aliphatic heterocycles. The van der Waals surface area contributed by atoms with Crippen molar-refractivity contribution < 1.29 is 37.0 Å². The number of nitrogen functional groups attached to an aromatic ring is 1. The number of imidazole rings is 1. The van der Waals surface area contributed by atoms with Crippen LogP contribution in [0.2, 0.25) is 0 Å². The topological polar surface area (TPSA) is 201 Å². The SMILES string of the molecule is Nc1nc2c(ncn2[C@@H]2C[C@H](COP(=O)(O)Oc3ccccc3)[C@H]2COP(=O)(O)Oc2ccccc2)c(=O)[nH]1. The van der Waals surface area contributed by atoms with E-state index in [1.807, 2.05) is 0 Å². The zero-order valence-electron chi connectivity index (χ0n) is 20.3. The number of phosphoric acid groups is 2. The Hall–Kier alpha value is -3.51. The van der Waals surface area contributed by atoms with E-state index in [0.717, 1.165) is 0 Å². The maximum atomic E-state index is 12.6. The van der Waals surface area contributed by atoms with Gasteiger partial charge in [0.1, 0.15) is 11.5 Å². The summed E-state index contributed by atoms with van der Waals surface area (Å²) in [7, 11) is -8.99. The highest BCUT2D eigenvalue weighted by atomic mass is 31.2. The lowest BCUT2D eigenvalue weighted by atomic mass is 9.70. The smallest absolute Gasteiger partial charge is 0.404 e. The first kappa shape index (κ1) is 27.1. The first-order chi connectivity index (χ1) is 18.6. The lowest BCUT2D eigenvalue weighted by molar-refractivity contribution is -0.00444. The summed E-state index contributed by atoms with van der Waals surface area (Å²) >= 11 is 0. The molecule has 1 saturated carbocycles. The van der Waals surface area contributed by atoms with E-state index in [4.69, 9.17) is 23.8 Å². The van der Waals surface area contributed by atoms with Crippen LogP contribution in [0.1, 0.15) is 12.5 Å². The summed E-state index contributed by atoms with van der Waals surface area (Å²) in [5.41, 5.74) is 5.49. The van der Waals surface area contributed by atoms with E-state index in [-0.39, 0.29) is 41.8 Å². The molecular weight excluding hydrogens is 552 g/mol. The molecule has 5 rings (SSSR count). The van der Waals surface area contributed by atoms with Gasteiger partial charge in [-0.15, -0.1) is 0 Å². The third kappa shape index (κ3) is 6.39. The van der Waals surface area contributed by atoms with Crippen molar-refractivity contribution in [3.63, 3.8) is 0 Å². The van der Waals surface area contributed by atoms with Gasteiger partial charge in [0, 0.05) is 12.0 Å². The van der Waals surface area contributed by atoms with Crippen LogP contribution in [0.3, 0.4) is 0 Å². The van der Waals surface area contributed by atoms with Gasteiger partial charge in [0.05, 0.1) is 19.5 Å². The molecule has 5 N–H and O–H groups in total. The van der Waals surface area contributed by atoms with Gasteiger partial charge in [-0.05, 0) is 36.6 Å². The Kier molecular flexibility index (Phi) is 7.59. The predicted octanol–water partition coefficient (Wildman–Crippen LogP) is 3.27. The van der Waals surface area contributed by atoms with Gasteiger partial charge in [-0.25, -0.2) is 14.1 Å². The second-order valence-electron chi connectivity index (χ2n) is 8.84. The van der Waals surface area contributed by atoms with E-state index in [1.54, 1.807) is 41.0 Å². The molecule has 0 saturated heterocycles. The molecule has 2 heterocycles. The van der Waals surface area contributed by atoms with Crippen molar-refractivity contribution in [3.05, 3.63) is 77.3 Å². The molecule has 1 fully saturated rings. The average molecular weight is 577 g/mol. The van der Waals surface area contributed by atoms with Crippen LogP contribution >= 0.6 is 15.6 Å². The number of nitrogens with one attached hydrogen (secondary N) is 1. The Morgan fingerprint density at radius 2 is 1.51 bits per heavy atom. The molecule has 1 aliphatic carbocycles. The fourth-order valence-corrected chi connectivity index (χ4v) is 6.00. The molecule has 2 aromatic heterocycles. The number of rotatable bonds is 11. The summed E-state index contributed by atoms with van der Waals surface area (Å²) in [5.74, 6) is -0.721. The Morgan fingerprint density at radius 1 is 0.949 bits per heavy atom. The molecule has 2 unspecified atom stereocenters. The predicted molar refractivity (Wildman–Crippen MR) is 139 cm³/mol. The second kappa shape index (κ2) is 10.9. The van der Waals surface area contributed by atoms with Crippen molar-refractivity contribution in [1.29, 1.82) is 0 Å². The van der Waals surface area contributed by atoms with Crippen LogP contribution in [0, 0.1) is 11.8 Å². The van der Waals surface area contributed by atoms with Gasteiger partial charge < -0.3 is 19.3 Å². The Balaban J connectivity index is 1.33. The van der Waals surface area contributed by atoms with Crippen molar-refractivity contribution in [2.45, 2.75) is 12.5 Å². The van der Waals surface area contributed by atoms with Gasteiger partial charge in [-0.3, -0.25) is 28.6 Å². The number of phosphoric ester groups is 2. The minimum Gasteiger partial charge on any atom is -0.404 e. The van der Waals surface area contributed by atoms with Gasteiger partial charge in [0.2, 0.25) is 5.95 Å². The highest BCUT2D eigenvalue weighted by molar-refractivity contribution is 7.48. The fraction of sp³-hybridized carbons (Fsp3) is 0.261. The van der Waals surface area contributed by atoms with Crippen LogP contribution in [-0.2, 0) is 18.2 Å². The Bertz CT molecular complexity index is 1600. The first-order valence-electron chi connectivity index (χ1n) is 11.8. The zero-order valence-corrected chi connectivity index (χ0v) is 22.1. The van der Waals surface area contributed by atoms with Gasteiger partial charge in [-0.1, -0.05) is 36.4 Å². The average Bonchev–Trinajstić information content (AvgIpc) is 3.27. The minimum absolute atomic E-state index is 0.0694. The van der Waals surface area contributed by atoms with Gasteiger partial charge in [0.15, 0.2) is 11.2 Å². The number of aromatic nitrogens is 4. The maximum Gasteiger partial charge on any atom is 0.527 e. The highest BCUT2D eigenvalue weighted by Crippen LogP contribution is 2.52. The number of para-hydroxylation sites is 2. The zero-order chi connectivity index (χ0) is 27.6. The van der Waals surface area contributed by atoms with Crippen LogP contribution in [0.5, 0.6) is 11.5 Å². The maximum absolute atomic E-state index is 12.6. The molecule has 0 radical (unpaired) electrons. The van der Waals surface area contributed by atoms with Crippen LogP contribution in [0.15, 0.2) is 71.8 Å². The summed E-state index contributed by atoms with van der Waals surface area (Å²) in [6, 6.07) is 15.6. The lowest BCUT2D eigenvalue weighted by Crippen LogP contribution is -2.43. The Morgan fingerprint density at radius 3 is 2.10 bits per heavy atom. The van der Waals surface area contributed by atoms with Crippen LogP contribution in [0.4, 0.5) is 5.95 Å². The summed E-state index contributed by atoms with van der Waals surface area (Å²) in [4.78, 5) is 43.4. The summed E-state index contributed by atoms with van der Waals surface area (Å²) in [5, 5.41) is 0. The number of H-pyrrole nitrogens is 1. The Labute approximate surface area is 221 Å². The van der Waals surface area contributed by atoms with E-state index in [0.29, 0.717) is 6.42 Å². The number of fused-ring (bicyclic) bond motifs is 1. The van der Waals surface area contributed by atoms with Gasteiger partial charge in [0.25, 0.3) is 5.56 Å². The minimum atomic E-state index is -4.52. The van der Waals surface area contributed by atoms with Gasteiger partial charge >= 0.3 is 15.6 Å². The summed E-state index contributed by atoms with van der Waals surface area (Å²) in [6.07, 6.45) is 1.80. The largest absolute Gasteiger partial charge is 0.527 e. The van der Waals surface area contributed by atoms with E-state index in [9.17, 15) is 23.7 Å². The van der Waals surface area contributed by atoms with Crippen molar-refractivity contribution in [2.75, 3.05) is 18.9 Å². The summed E-state index contributed by atoms with van der Waals surface area (Å²) in [6.45, 7) is -0.504. The number of aromatic amines is 1. The first-order valence-corrected chi connectivity index (χ1v) is 14.8. The van der Waals surface area contributed by atoms with E-state index in [2.05, 4.69) is 15.0 Å².